The zero-order valence-electron chi connectivity index (χ0n) is 11.4. The van der Waals surface area contributed by atoms with Crippen LogP contribution in [0.2, 0.25) is 0 Å². The Kier molecular flexibility index (Phi) is 30.5. The number of hydrazine groups is 3. The molecule has 0 bridgehead atoms. The van der Waals surface area contributed by atoms with Gasteiger partial charge in [-0.05, 0) is 19.0 Å². The van der Waals surface area contributed by atoms with Crippen LogP contribution in [0.5, 0.6) is 0 Å². The predicted octanol–water partition coefficient (Wildman–Crippen LogP) is -8.00. The van der Waals surface area contributed by atoms with Crippen LogP contribution in [0.4, 0.5) is 4.79 Å². The molecule has 18 heavy (non-hydrogen) atoms. The average Bonchev–Trinajstić information content (AvgIpc) is 2.17. The summed E-state index contributed by atoms with van der Waals surface area (Å²) in [4.78, 5) is 8.33. The Bertz CT molecular complexity index is 131. The van der Waals surface area contributed by atoms with Crippen molar-refractivity contribution in [3.8, 4) is 0 Å². The van der Waals surface area contributed by atoms with E-state index < -0.39 is 6.16 Å². The fraction of sp³-hybridized carbons (Fsp3) is 0.889. The fourth-order valence-corrected chi connectivity index (χ4v) is 1.35. The summed E-state index contributed by atoms with van der Waals surface area (Å²) in [5.41, 5.74) is 11.9. The van der Waals surface area contributed by atoms with Crippen molar-refractivity contribution >= 4 is 6.16 Å². The van der Waals surface area contributed by atoms with Crippen LogP contribution in [0.3, 0.4) is 0 Å². The Morgan fingerprint density at radius 3 is 1.33 bits per heavy atom. The van der Waals surface area contributed by atoms with Crippen LogP contribution in [0.15, 0.2) is 0 Å². The van der Waals surface area contributed by atoms with Gasteiger partial charge in [-0.2, -0.15) is 11.1 Å². The minimum atomic E-state index is -2.33. The summed E-state index contributed by atoms with van der Waals surface area (Å²) in [5.74, 6) is 0. The van der Waals surface area contributed by atoms with Crippen LogP contribution in [0.1, 0.15) is 38.5 Å². The van der Waals surface area contributed by atoms with Crippen LogP contribution in [0.25, 0.3) is 0 Å². The van der Waals surface area contributed by atoms with Crippen LogP contribution >= 0.6 is 0 Å². The van der Waals surface area contributed by atoms with Gasteiger partial charge in [0.1, 0.15) is 0 Å². The van der Waals surface area contributed by atoms with Crippen molar-refractivity contribution < 1.29 is 118 Å². The first-order chi connectivity index (χ1) is 7.73. The van der Waals surface area contributed by atoms with Gasteiger partial charge in [0.25, 0.3) is 0 Å². The second-order valence-electron chi connectivity index (χ2n) is 3.47. The first-order valence-electron chi connectivity index (χ1n) is 5.57. The largest absolute Gasteiger partial charge is 1.00 e. The van der Waals surface area contributed by atoms with Gasteiger partial charge in [-0.3, -0.25) is 0 Å². The number of hydrogen-bond donors (Lipinski definition) is 4. The molecule has 0 atom stereocenters. The maximum Gasteiger partial charge on any atom is 1.00 e. The van der Waals surface area contributed by atoms with E-state index in [9.17, 15) is 0 Å². The standard InChI is InChI=1S/C8H20N4.CH2O3.2K/c1-2-4-6-8-10-12-11-9-7-5-3-1;2-1(3)4;;/h9-12H,1-8H2;(H2,2,3,4);;/q;;2*+1/p-2. The zero-order chi connectivity index (χ0) is 12.1. The molecule has 0 aromatic heterocycles. The van der Waals surface area contributed by atoms with E-state index in [1.807, 2.05) is 0 Å². The predicted molar refractivity (Wildman–Crippen MR) is 55.4 cm³/mol. The van der Waals surface area contributed by atoms with Crippen LogP contribution in [-0.4, -0.2) is 19.2 Å². The number of carbonyl (C=O) groups is 1. The van der Waals surface area contributed by atoms with Crippen LogP contribution in [-0.2, 0) is 0 Å². The molecule has 0 aromatic carbocycles. The van der Waals surface area contributed by atoms with Gasteiger partial charge in [0.2, 0.25) is 0 Å². The molecule has 1 fully saturated rings. The van der Waals surface area contributed by atoms with Crippen LogP contribution < -0.4 is 135 Å². The molecule has 1 aliphatic heterocycles. The molecule has 0 radical (unpaired) electrons. The van der Waals surface area contributed by atoms with Crippen molar-refractivity contribution in [2.24, 2.45) is 0 Å². The molecule has 0 aromatic rings. The third-order valence-corrected chi connectivity index (χ3v) is 2.09. The van der Waals surface area contributed by atoms with Gasteiger partial charge in [0.15, 0.2) is 0 Å². The molecule has 0 amide bonds. The molecular formula is C9H20K2N4O3. The molecule has 0 unspecified atom stereocenters. The quantitative estimate of drug-likeness (QED) is 0.329. The summed E-state index contributed by atoms with van der Waals surface area (Å²) >= 11 is 0. The Labute approximate surface area is 193 Å². The molecule has 0 spiro atoms. The Balaban J connectivity index is -0.000000332. The SMILES string of the molecule is C1CCCCNNNNCCC1.O=C([O-])[O-].[K+].[K+]. The molecular weight excluding hydrogens is 290 g/mol. The normalized spacial score (nSPS) is 17.3. The average molecular weight is 310 g/mol. The monoisotopic (exact) mass is 310 g/mol. The summed E-state index contributed by atoms with van der Waals surface area (Å²) in [6, 6.07) is 0. The second-order valence-corrected chi connectivity index (χ2v) is 3.47. The molecule has 96 valence electrons. The van der Waals surface area contributed by atoms with E-state index in [2.05, 4.69) is 21.9 Å². The molecule has 1 rings (SSSR count). The van der Waals surface area contributed by atoms with Gasteiger partial charge >= 0.3 is 103 Å². The minimum Gasteiger partial charge on any atom is -0.652 e. The topological polar surface area (TPSA) is 111 Å². The first-order valence-corrected chi connectivity index (χ1v) is 5.57. The molecule has 1 heterocycles. The Hall–Kier alpha value is 2.38. The molecule has 9 heteroatoms. The Morgan fingerprint density at radius 1 is 0.722 bits per heavy atom. The van der Waals surface area contributed by atoms with Crippen molar-refractivity contribution in [1.29, 1.82) is 0 Å². The summed E-state index contributed by atoms with van der Waals surface area (Å²) in [6.45, 7) is 2.07. The molecule has 0 saturated carbocycles. The van der Waals surface area contributed by atoms with E-state index in [-0.39, 0.29) is 103 Å². The third-order valence-electron chi connectivity index (χ3n) is 2.09. The van der Waals surface area contributed by atoms with Gasteiger partial charge in [-0.15, -0.1) is 0 Å². The smallest absolute Gasteiger partial charge is 0.652 e. The molecule has 4 N–H and O–H groups in total. The second kappa shape index (κ2) is 21.7. The maximum absolute atomic E-state index is 8.33. The number of hydrogen-bond acceptors (Lipinski definition) is 7. The summed E-state index contributed by atoms with van der Waals surface area (Å²) in [7, 11) is 0. The van der Waals surface area contributed by atoms with Gasteiger partial charge in [0.05, 0.1) is 0 Å². The number of nitrogens with one attached hydrogen (secondary N) is 4. The van der Waals surface area contributed by atoms with E-state index >= 15 is 0 Å². The van der Waals surface area contributed by atoms with Gasteiger partial charge < -0.3 is 15.0 Å². The van der Waals surface area contributed by atoms with Crippen molar-refractivity contribution in [3.05, 3.63) is 0 Å². The summed E-state index contributed by atoms with van der Waals surface area (Å²) in [6.07, 6.45) is 5.65. The maximum atomic E-state index is 8.33. The van der Waals surface area contributed by atoms with Gasteiger partial charge in [-0.25, -0.2) is 10.9 Å². The number of rotatable bonds is 0. The number of carboxylic acid groups (broad SMARTS) is 2. The van der Waals surface area contributed by atoms with Crippen LogP contribution in [0, 0.1) is 0 Å². The van der Waals surface area contributed by atoms with E-state index in [1.165, 1.54) is 38.5 Å². The minimum absolute atomic E-state index is 0. The third kappa shape index (κ3) is 26.9. The van der Waals surface area contributed by atoms with E-state index in [0.29, 0.717) is 0 Å². The van der Waals surface area contributed by atoms with E-state index in [0.717, 1.165) is 13.1 Å². The van der Waals surface area contributed by atoms with Crippen molar-refractivity contribution in [2.75, 3.05) is 13.1 Å². The van der Waals surface area contributed by atoms with Crippen molar-refractivity contribution in [2.45, 2.75) is 38.5 Å². The van der Waals surface area contributed by atoms with E-state index in [1.54, 1.807) is 0 Å². The fourth-order valence-electron chi connectivity index (χ4n) is 1.35. The number of carbonyl (C=O) groups excluding carboxylic acids is 1. The molecule has 7 nitrogen and oxygen atoms in total. The molecule has 0 aliphatic carbocycles. The van der Waals surface area contributed by atoms with Gasteiger partial charge in [-0.1, -0.05) is 25.7 Å². The van der Waals surface area contributed by atoms with Crippen molar-refractivity contribution in [3.63, 3.8) is 0 Å². The van der Waals surface area contributed by atoms with E-state index in [4.69, 9.17) is 15.0 Å². The Morgan fingerprint density at radius 2 is 1.00 bits per heavy atom. The first kappa shape index (κ1) is 25.3. The molecule has 1 saturated heterocycles. The summed E-state index contributed by atoms with van der Waals surface area (Å²) in [5, 5.41) is 16.7. The summed E-state index contributed by atoms with van der Waals surface area (Å²) < 4.78 is 0. The molecule has 1 aliphatic rings. The zero-order valence-corrected chi connectivity index (χ0v) is 17.6. The van der Waals surface area contributed by atoms with Gasteiger partial charge in [0, 0.05) is 13.1 Å². The van der Waals surface area contributed by atoms with Crippen molar-refractivity contribution in [1.82, 2.24) is 21.9 Å².